The maximum Gasteiger partial charge on any atom is 0.310 e. The van der Waals surface area contributed by atoms with E-state index in [2.05, 4.69) is 4.98 Å². The number of para-hydroxylation sites is 1. The fraction of sp³-hybridized carbons (Fsp3) is 0.483. The topological polar surface area (TPSA) is 68.8 Å². The van der Waals surface area contributed by atoms with Gasteiger partial charge >= 0.3 is 5.97 Å². The highest BCUT2D eigenvalue weighted by Gasteiger charge is 2.42. The number of carboxylic acid groups (broad SMARTS) is 1. The Balaban J connectivity index is 1.49. The summed E-state index contributed by atoms with van der Waals surface area (Å²) in [6.07, 6.45) is 0.621. The Labute approximate surface area is 220 Å². The summed E-state index contributed by atoms with van der Waals surface area (Å²) in [5.74, 6) is -2.32. The molecule has 1 fully saturated rings. The van der Waals surface area contributed by atoms with E-state index in [9.17, 15) is 14.3 Å². The van der Waals surface area contributed by atoms with Gasteiger partial charge in [-0.1, -0.05) is 18.2 Å². The average Bonchev–Trinajstić information content (AvgIpc) is 3.19. The van der Waals surface area contributed by atoms with Gasteiger partial charge in [0.15, 0.2) is 0 Å². The van der Waals surface area contributed by atoms with Crippen LogP contribution in [0, 0.1) is 23.0 Å². The first-order chi connectivity index (χ1) is 18.1. The summed E-state index contributed by atoms with van der Waals surface area (Å²) in [6, 6.07) is 9.14. The van der Waals surface area contributed by atoms with Crippen LogP contribution in [0.4, 0.5) is 13.2 Å². The summed E-state index contributed by atoms with van der Waals surface area (Å²) in [7, 11) is 0. The Kier molecular flexibility index (Phi) is 7.17. The van der Waals surface area contributed by atoms with Crippen LogP contribution in [0.5, 0.6) is 5.75 Å². The molecule has 0 aliphatic carbocycles. The molecule has 1 saturated heterocycles. The Morgan fingerprint density at radius 2 is 1.87 bits per heavy atom. The highest BCUT2D eigenvalue weighted by molar-refractivity contribution is 5.85. The quantitative estimate of drug-likeness (QED) is 0.400. The monoisotopic (exact) mass is 529 g/mol. The van der Waals surface area contributed by atoms with E-state index in [0.717, 1.165) is 16.5 Å². The predicted molar refractivity (Wildman–Crippen MR) is 139 cm³/mol. The van der Waals surface area contributed by atoms with Crippen LogP contribution in [0.15, 0.2) is 36.4 Å². The van der Waals surface area contributed by atoms with Gasteiger partial charge in [-0.25, -0.2) is 8.78 Å². The summed E-state index contributed by atoms with van der Waals surface area (Å²) in [5.41, 5.74) is 1.27. The lowest BCUT2D eigenvalue weighted by Gasteiger charge is -2.43. The van der Waals surface area contributed by atoms with Crippen molar-refractivity contribution in [3.05, 3.63) is 64.9 Å². The fourth-order valence-corrected chi connectivity index (χ4v) is 5.74. The van der Waals surface area contributed by atoms with Crippen LogP contribution in [0.2, 0.25) is 0 Å². The van der Waals surface area contributed by atoms with Crippen molar-refractivity contribution in [1.82, 2.24) is 14.8 Å². The van der Waals surface area contributed by atoms with Gasteiger partial charge in [-0.3, -0.25) is 19.0 Å². The summed E-state index contributed by atoms with van der Waals surface area (Å²) in [5, 5.41) is 10.8. The number of halogens is 3. The molecule has 0 bridgehead atoms. The fourth-order valence-electron chi connectivity index (χ4n) is 5.74. The number of carbonyl (C=O) groups is 1. The van der Waals surface area contributed by atoms with Crippen LogP contribution in [0.25, 0.3) is 10.9 Å². The third-order valence-corrected chi connectivity index (χ3v) is 7.93. The molecular formula is C29H34F3N3O3. The van der Waals surface area contributed by atoms with Gasteiger partial charge in [0.05, 0.1) is 18.1 Å². The molecule has 0 radical (unpaired) electrons. The molecule has 3 aromatic rings. The van der Waals surface area contributed by atoms with Crippen LogP contribution in [0.3, 0.4) is 0 Å². The second kappa shape index (κ2) is 10.3. The molecule has 1 aromatic heterocycles. The lowest BCUT2D eigenvalue weighted by Crippen LogP contribution is -2.49. The standard InChI is InChI=1S/C29H34F3N3O3/c1-17-10-21-20-6-4-5-7-24(20)33-26(21)27(35(17)16-29(2,3)28(36)37)25-22(31)11-19(12-23(25)32)38-9-8-34-14-18(13-30)15-34/h4-7,11-12,17-18,27,33H,8-10,13-16H2,1-3H3,(H,36,37)/t17-,27+/m1/s1. The van der Waals surface area contributed by atoms with Crippen molar-refractivity contribution in [1.29, 1.82) is 0 Å². The van der Waals surface area contributed by atoms with Gasteiger partial charge in [0.2, 0.25) is 0 Å². The van der Waals surface area contributed by atoms with Crippen LogP contribution in [0.1, 0.15) is 43.6 Å². The zero-order valence-corrected chi connectivity index (χ0v) is 21.9. The van der Waals surface area contributed by atoms with Gasteiger partial charge in [0.1, 0.15) is 24.0 Å². The molecule has 6 nitrogen and oxygen atoms in total. The molecule has 0 spiro atoms. The normalized spacial score (nSPS) is 20.9. The van der Waals surface area contributed by atoms with E-state index < -0.39 is 29.1 Å². The first kappa shape index (κ1) is 26.6. The Bertz CT molecular complexity index is 1310. The van der Waals surface area contributed by atoms with Crippen molar-refractivity contribution < 1.29 is 27.8 Å². The number of carboxylic acids is 1. The first-order valence-corrected chi connectivity index (χ1v) is 13.1. The second-order valence-corrected chi connectivity index (χ2v) is 11.3. The third kappa shape index (κ3) is 4.89. The number of alkyl halides is 1. The van der Waals surface area contributed by atoms with Gasteiger partial charge in [0, 0.05) is 72.4 Å². The average molecular weight is 530 g/mol. The van der Waals surface area contributed by atoms with Crippen LogP contribution in [-0.4, -0.2) is 71.4 Å². The van der Waals surface area contributed by atoms with Crippen molar-refractivity contribution in [3.63, 3.8) is 0 Å². The van der Waals surface area contributed by atoms with Gasteiger partial charge < -0.3 is 14.8 Å². The molecule has 2 aliphatic rings. The molecule has 0 saturated carbocycles. The lowest BCUT2D eigenvalue weighted by atomic mass is 9.84. The Morgan fingerprint density at radius 1 is 1.18 bits per heavy atom. The van der Waals surface area contributed by atoms with Crippen molar-refractivity contribution in [2.45, 2.75) is 39.3 Å². The zero-order valence-electron chi connectivity index (χ0n) is 21.9. The number of hydrogen-bond acceptors (Lipinski definition) is 4. The maximum atomic E-state index is 15.8. The molecule has 0 unspecified atom stereocenters. The number of nitrogens with one attached hydrogen (secondary N) is 1. The number of fused-ring (bicyclic) bond motifs is 3. The van der Waals surface area contributed by atoms with Gasteiger partial charge in [-0.2, -0.15) is 0 Å². The highest BCUT2D eigenvalue weighted by Crippen LogP contribution is 2.44. The van der Waals surface area contributed by atoms with Gasteiger partial charge in [-0.15, -0.1) is 0 Å². The molecule has 3 heterocycles. The molecule has 0 amide bonds. The van der Waals surface area contributed by atoms with Gasteiger partial charge in [0.25, 0.3) is 0 Å². The maximum absolute atomic E-state index is 15.8. The lowest BCUT2D eigenvalue weighted by molar-refractivity contribution is -0.148. The zero-order chi connectivity index (χ0) is 27.2. The van der Waals surface area contributed by atoms with E-state index in [1.807, 2.05) is 41.0 Å². The molecular weight excluding hydrogens is 495 g/mol. The van der Waals surface area contributed by atoms with E-state index >= 15 is 8.78 Å². The van der Waals surface area contributed by atoms with E-state index in [1.165, 1.54) is 12.1 Å². The summed E-state index contributed by atoms with van der Waals surface area (Å²) in [6.45, 7) is 7.10. The number of H-pyrrole nitrogens is 1. The number of hydrogen-bond donors (Lipinski definition) is 2. The number of benzene rings is 2. The summed E-state index contributed by atoms with van der Waals surface area (Å²) in [4.78, 5) is 19.3. The van der Waals surface area contributed by atoms with Crippen LogP contribution in [-0.2, 0) is 11.2 Å². The van der Waals surface area contributed by atoms with E-state index in [0.29, 0.717) is 31.7 Å². The number of likely N-dealkylation sites (tertiary alicyclic amines) is 1. The highest BCUT2D eigenvalue weighted by atomic mass is 19.1. The van der Waals surface area contributed by atoms with Crippen molar-refractivity contribution in [2.75, 3.05) is 39.5 Å². The van der Waals surface area contributed by atoms with Crippen LogP contribution >= 0.6 is 0 Å². The van der Waals surface area contributed by atoms with Crippen LogP contribution < -0.4 is 4.74 Å². The minimum atomic E-state index is -1.13. The van der Waals surface area contributed by atoms with Crippen molar-refractivity contribution in [3.8, 4) is 5.75 Å². The summed E-state index contributed by atoms with van der Waals surface area (Å²) >= 11 is 0. The summed E-state index contributed by atoms with van der Waals surface area (Å²) < 4.78 is 49.8. The van der Waals surface area contributed by atoms with E-state index in [-0.39, 0.29) is 43.1 Å². The minimum absolute atomic E-state index is 0.0608. The second-order valence-electron chi connectivity index (χ2n) is 11.3. The number of ether oxygens (including phenoxy) is 1. The number of nitrogens with zero attached hydrogens (tertiary/aromatic N) is 2. The number of aromatic amines is 1. The molecule has 38 heavy (non-hydrogen) atoms. The number of rotatable bonds is 9. The number of aromatic nitrogens is 1. The molecule has 5 rings (SSSR count). The van der Waals surface area contributed by atoms with Crippen molar-refractivity contribution >= 4 is 16.9 Å². The van der Waals surface area contributed by atoms with E-state index in [1.54, 1.807) is 13.8 Å². The Morgan fingerprint density at radius 3 is 2.53 bits per heavy atom. The van der Waals surface area contributed by atoms with E-state index in [4.69, 9.17) is 4.74 Å². The molecule has 2 atom stereocenters. The van der Waals surface area contributed by atoms with Gasteiger partial charge in [-0.05, 0) is 38.8 Å². The molecule has 2 aromatic carbocycles. The molecule has 204 valence electrons. The largest absolute Gasteiger partial charge is 0.492 e. The smallest absolute Gasteiger partial charge is 0.310 e. The number of aliphatic carboxylic acids is 1. The molecule has 2 N–H and O–H groups in total. The molecule has 9 heteroatoms. The first-order valence-electron chi connectivity index (χ1n) is 13.1. The third-order valence-electron chi connectivity index (χ3n) is 7.93. The minimum Gasteiger partial charge on any atom is -0.492 e. The predicted octanol–water partition coefficient (Wildman–Crippen LogP) is 5.17. The SMILES string of the molecule is C[C@@H]1Cc2c([nH]c3ccccc23)[C@H](c2c(F)cc(OCCN3CC(CF)C3)cc2F)N1CC(C)(C)C(=O)O. The van der Waals surface area contributed by atoms with Crippen molar-refractivity contribution in [2.24, 2.45) is 11.3 Å². The molecule has 2 aliphatic heterocycles. The Hall–Kier alpha value is -3.04.